The van der Waals surface area contributed by atoms with Gasteiger partial charge in [0.25, 0.3) is 0 Å². The third-order valence-electron chi connectivity index (χ3n) is 2.00. The molecule has 4 heteroatoms. The Morgan fingerprint density at radius 2 is 2.13 bits per heavy atom. The van der Waals surface area contributed by atoms with Crippen molar-refractivity contribution in [1.29, 1.82) is 0 Å². The van der Waals surface area contributed by atoms with Crippen LogP contribution >= 0.6 is 0 Å². The lowest BCUT2D eigenvalue weighted by Crippen LogP contribution is -2.24. The minimum Gasteiger partial charge on any atom is -0.466 e. The van der Waals surface area contributed by atoms with Gasteiger partial charge in [0.1, 0.15) is 0 Å². The first kappa shape index (κ1) is 14.1. The van der Waals surface area contributed by atoms with E-state index in [2.05, 4.69) is 17.0 Å². The zero-order valence-electron chi connectivity index (χ0n) is 10.0. The summed E-state index contributed by atoms with van der Waals surface area (Å²) in [4.78, 5) is 11.0. The van der Waals surface area contributed by atoms with Crippen molar-refractivity contribution in [3.8, 4) is 0 Å². The number of hydrogen-bond acceptors (Lipinski definition) is 4. The van der Waals surface area contributed by atoms with Crippen molar-refractivity contribution in [1.82, 2.24) is 5.32 Å². The second-order valence-electron chi connectivity index (χ2n) is 3.60. The van der Waals surface area contributed by atoms with Crippen LogP contribution in [-0.2, 0) is 14.3 Å². The molecule has 15 heavy (non-hydrogen) atoms. The molecule has 0 aliphatic rings. The topological polar surface area (TPSA) is 47.6 Å². The molecule has 1 unspecified atom stereocenters. The normalized spacial score (nSPS) is 13.7. The van der Waals surface area contributed by atoms with Crippen LogP contribution in [0.25, 0.3) is 0 Å². The van der Waals surface area contributed by atoms with Crippen LogP contribution in [0.3, 0.4) is 0 Å². The molecule has 0 aliphatic heterocycles. The van der Waals surface area contributed by atoms with Crippen molar-refractivity contribution in [3.05, 3.63) is 11.6 Å². The molecule has 0 rings (SSSR count). The predicted octanol–water partition coefficient (Wildman–Crippen LogP) is 0.978. The Hall–Kier alpha value is -0.870. The largest absolute Gasteiger partial charge is 0.466 e. The summed E-state index contributed by atoms with van der Waals surface area (Å²) in [6.07, 6.45) is 1.82. The number of carbonyl (C=O) groups excluding carboxylic acids is 1. The van der Waals surface area contributed by atoms with Crippen molar-refractivity contribution in [2.45, 2.75) is 13.8 Å². The monoisotopic (exact) mass is 215 g/mol. The van der Waals surface area contributed by atoms with E-state index in [1.165, 1.54) is 7.11 Å². The maximum atomic E-state index is 11.0. The van der Waals surface area contributed by atoms with Crippen LogP contribution in [0.1, 0.15) is 13.8 Å². The highest BCUT2D eigenvalue weighted by Crippen LogP contribution is 1.95. The van der Waals surface area contributed by atoms with Crippen LogP contribution < -0.4 is 5.32 Å². The smallest absolute Gasteiger partial charge is 0.333 e. The van der Waals surface area contributed by atoms with Crippen LogP contribution in [0, 0.1) is 5.92 Å². The first-order chi connectivity index (χ1) is 7.11. The first-order valence-electron chi connectivity index (χ1n) is 5.06. The summed E-state index contributed by atoms with van der Waals surface area (Å²) in [5, 5.41) is 3.22. The van der Waals surface area contributed by atoms with Gasteiger partial charge in [-0.2, -0.15) is 0 Å². The van der Waals surface area contributed by atoms with Crippen LogP contribution in [0.15, 0.2) is 11.6 Å². The molecule has 0 heterocycles. The highest BCUT2D eigenvalue weighted by atomic mass is 16.5. The molecule has 4 nitrogen and oxygen atoms in total. The highest BCUT2D eigenvalue weighted by Gasteiger charge is 2.02. The van der Waals surface area contributed by atoms with Crippen LogP contribution in [0.4, 0.5) is 0 Å². The third kappa shape index (κ3) is 7.11. The summed E-state index contributed by atoms with van der Waals surface area (Å²) in [5.74, 6) is 0.198. The van der Waals surface area contributed by atoms with E-state index in [1.54, 1.807) is 14.0 Å². The Bertz CT molecular complexity index is 214. The van der Waals surface area contributed by atoms with E-state index in [-0.39, 0.29) is 5.97 Å². The molecule has 0 bridgehead atoms. The molecule has 0 radical (unpaired) electrons. The predicted molar refractivity (Wildman–Crippen MR) is 59.7 cm³/mol. The van der Waals surface area contributed by atoms with Crippen LogP contribution in [-0.4, -0.2) is 39.9 Å². The summed E-state index contributed by atoms with van der Waals surface area (Å²) in [5.41, 5.74) is 0.629. The number of methoxy groups -OCH3 is 2. The Labute approximate surface area is 91.6 Å². The molecule has 0 saturated carbocycles. The van der Waals surface area contributed by atoms with E-state index in [0.717, 1.165) is 13.2 Å². The van der Waals surface area contributed by atoms with E-state index in [9.17, 15) is 4.79 Å². The summed E-state index contributed by atoms with van der Waals surface area (Å²) in [7, 11) is 3.07. The van der Waals surface area contributed by atoms with Gasteiger partial charge in [-0.25, -0.2) is 4.79 Å². The molecular weight excluding hydrogens is 194 g/mol. The number of hydrogen-bond donors (Lipinski definition) is 1. The van der Waals surface area contributed by atoms with E-state index in [1.807, 2.05) is 6.08 Å². The van der Waals surface area contributed by atoms with E-state index in [0.29, 0.717) is 18.0 Å². The fourth-order valence-corrected chi connectivity index (χ4v) is 1.14. The maximum absolute atomic E-state index is 11.0. The minimum absolute atomic E-state index is 0.276. The quantitative estimate of drug-likeness (QED) is 0.391. The van der Waals surface area contributed by atoms with Crippen molar-refractivity contribution in [3.63, 3.8) is 0 Å². The molecule has 0 aromatic carbocycles. The molecule has 0 aromatic heterocycles. The number of rotatable bonds is 7. The van der Waals surface area contributed by atoms with Crippen molar-refractivity contribution in [2.24, 2.45) is 5.92 Å². The summed E-state index contributed by atoms with van der Waals surface area (Å²) in [6.45, 7) is 6.14. The molecule has 0 aromatic rings. The van der Waals surface area contributed by atoms with E-state index >= 15 is 0 Å². The van der Waals surface area contributed by atoms with Crippen LogP contribution in [0.5, 0.6) is 0 Å². The lowest BCUT2D eigenvalue weighted by atomic mass is 10.2. The lowest BCUT2D eigenvalue weighted by molar-refractivity contribution is -0.136. The highest BCUT2D eigenvalue weighted by molar-refractivity contribution is 5.87. The van der Waals surface area contributed by atoms with Gasteiger partial charge in [0.15, 0.2) is 0 Å². The van der Waals surface area contributed by atoms with Gasteiger partial charge in [-0.15, -0.1) is 0 Å². The summed E-state index contributed by atoms with van der Waals surface area (Å²) < 4.78 is 9.58. The Kier molecular flexibility index (Phi) is 7.95. The standard InChI is InChI=1S/C11H21NO3/c1-9(8-14-3)7-12-6-5-10(2)11(13)15-4/h5,9,12H,6-8H2,1-4H3/b10-5-. The lowest BCUT2D eigenvalue weighted by Gasteiger charge is -2.10. The van der Waals surface area contributed by atoms with Gasteiger partial charge < -0.3 is 14.8 Å². The molecular formula is C11H21NO3. The van der Waals surface area contributed by atoms with Gasteiger partial charge in [0, 0.05) is 32.4 Å². The number of nitrogens with one attached hydrogen (secondary N) is 1. The van der Waals surface area contributed by atoms with Gasteiger partial charge in [-0.3, -0.25) is 0 Å². The number of ether oxygens (including phenoxy) is 2. The average Bonchev–Trinajstić information content (AvgIpc) is 2.23. The maximum Gasteiger partial charge on any atom is 0.333 e. The third-order valence-corrected chi connectivity index (χ3v) is 2.00. The molecule has 0 fully saturated rings. The summed E-state index contributed by atoms with van der Waals surface area (Å²) >= 11 is 0. The molecule has 1 atom stereocenters. The van der Waals surface area contributed by atoms with Crippen LogP contribution in [0.2, 0.25) is 0 Å². The molecule has 0 amide bonds. The zero-order valence-corrected chi connectivity index (χ0v) is 10.0. The van der Waals surface area contributed by atoms with Crippen molar-refractivity contribution in [2.75, 3.05) is 33.9 Å². The van der Waals surface area contributed by atoms with Gasteiger partial charge in [0.05, 0.1) is 7.11 Å². The Balaban J connectivity index is 3.64. The fourth-order valence-electron chi connectivity index (χ4n) is 1.14. The Morgan fingerprint density at radius 3 is 2.67 bits per heavy atom. The Morgan fingerprint density at radius 1 is 1.47 bits per heavy atom. The fraction of sp³-hybridized carbons (Fsp3) is 0.727. The number of carbonyl (C=O) groups is 1. The molecule has 88 valence electrons. The van der Waals surface area contributed by atoms with E-state index in [4.69, 9.17) is 4.74 Å². The molecule has 1 N–H and O–H groups in total. The first-order valence-corrected chi connectivity index (χ1v) is 5.06. The number of esters is 1. The van der Waals surface area contributed by atoms with Crippen molar-refractivity contribution < 1.29 is 14.3 Å². The SMILES string of the molecule is COCC(C)CNC/C=C(/C)C(=O)OC. The van der Waals surface area contributed by atoms with Gasteiger partial charge >= 0.3 is 5.97 Å². The van der Waals surface area contributed by atoms with E-state index < -0.39 is 0 Å². The van der Waals surface area contributed by atoms with Gasteiger partial charge in [-0.05, 0) is 12.8 Å². The second-order valence-corrected chi connectivity index (χ2v) is 3.60. The molecule has 0 aliphatic carbocycles. The summed E-state index contributed by atoms with van der Waals surface area (Å²) in [6, 6.07) is 0. The molecule has 0 spiro atoms. The zero-order chi connectivity index (χ0) is 11.7. The van der Waals surface area contributed by atoms with Gasteiger partial charge in [0.2, 0.25) is 0 Å². The average molecular weight is 215 g/mol. The van der Waals surface area contributed by atoms with Gasteiger partial charge in [-0.1, -0.05) is 13.0 Å². The minimum atomic E-state index is -0.276. The second kappa shape index (κ2) is 8.44. The molecule has 0 saturated heterocycles. The van der Waals surface area contributed by atoms with Crippen molar-refractivity contribution >= 4 is 5.97 Å².